The summed E-state index contributed by atoms with van der Waals surface area (Å²) in [7, 11) is 0. The second kappa shape index (κ2) is 9.04. The van der Waals surface area contributed by atoms with Crippen LogP contribution in [0, 0.1) is 0 Å². The summed E-state index contributed by atoms with van der Waals surface area (Å²) in [5, 5.41) is 9.19. The first-order chi connectivity index (χ1) is 15.0. The van der Waals surface area contributed by atoms with Gasteiger partial charge in [0.15, 0.2) is 0 Å². The quantitative estimate of drug-likeness (QED) is 0.479. The molecule has 1 unspecified atom stereocenters. The highest BCUT2D eigenvalue weighted by molar-refractivity contribution is 9.10. The molecule has 0 aromatic heterocycles. The monoisotopic (exact) mass is 479 g/mol. The summed E-state index contributed by atoms with van der Waals surface area (Å²) in [6, 6.07) is 22.4. The Labute approximate surface area is 189 Å². The number of rotatable bonds is 7. The van der Waals surface area contributed by atoms with Crippen LogP contribution in [0.3, 0.4) is 0 Å². The van der Waals surface area contributed by atoms with E-state index in [0.717, 1.165) is 26.7 Å². The van der Waals surface area contributed by atoms with Gasteiger partial charge in [0, 0.05) is 16.4 Å². The number of halogens is 1. The Morgan fingerprint density at radius 2 is 1.48 bits per heavy atom. The predicted molar refractivity (Wildman–Crippen MR) is 122 cm³/mol. The van der Waals surface area contributed by atoms with Crippen molar-refractivity contribution < 1.29 is 19.4 Å². The number of hydrogen-bond donors (Lipinski definition) is 2. The number of nitrogens with two attached hydrogens (primary N) is 1. The van der Waals surface area contributed by atoms with Gasteiger partial charge in [0.1, 0.15) is 6.61 Å². The molecular formula is C25H22BrNO4. The molecule has 3 aromatic carbocycles. The maximum absolute atomic E-state index is 13.1. The van der Waals surface area contributed by atoms with E-state index in [1.54, 1.807) is 24.3 Å². The summed E-state index contributed by atoms with van der Waals surface area (Å²) in [5.74, 6) is -2.51. The van der Waals surface area contributed by atoms with Crippen LogP contribution in [-0.4, -0.2) is 29.7 Å². The third-order valence-corrected chi connectivity index (χ3v) is 6.21. The molecule has 0 bridgehead atoms. The molecule has 0 fully saturated rings. The maximum Gasteiger partial charge on any atom is 0.315 e. The maximum atomic E-state index is 13.1. The minimum absolute atomic E-state index is 0.0717. The van der Waals surface area contributed by atoms with E-state index < -0.39 is 23.9 Å². The van der Waals surface area contributed by atoms with E-state index in [1.807, 2.05) is 24.3 Å². The summed E-state index contributed by atoms with van der Waals surface area (Å²) >= 11 is 3.37. The van der Waals surface area contributed by atoms with Crippen molar-refractivity contribution in [2.75, 3.05) is 6.61 Å². The molecule has 6 heteroatoms. The van der Waals surface area contributed by atoms with Crippen molar-refractivity contribution in [3.05, 3.63) is 94.0 Å². The number of benzene rings is 3. The molecule has 3 N–H and O–H groups in total. The third kappa shape index (κ3) is 4.40. The van der Waals surface area contributed by atoms with E-state index >= 15 is 0 Å². The van der Waals surface area contributed by atoms with Crippen molar-refractivity contribution in [2.24, 2.45) is 5.73 Å². The third-order valence-electron chi connectivity index (χ3n) is 5.68. The highest BCUT2D eigenvalue weighted by Gasteiger charge is 2.33. The summed E-state index contributed by atoms with van der Waals surface area (Å²) in [6.07, 6.45) is -0.328. The molecule has 1 aliphatic rings. The predicted octanol–water partition coefficient (Wildman–Crippen LogP) is 4.69. The lowest BCUT2D eigenvalue weighted by atomic mass is 9.90. The zero-order valence-electron chi connectivity index (χ0n) is 16.7. The number of aliphatic carboxylic acids is 1. The lowest BCUT2D eigenvalue weighted by Crippen LogP contribution is -2.37. The van der Waals surface area contributed by atoms with E-state index in [0.29, 0.717) is 5.56 Å². The molecule has 0 saturated carbocycles. The number of hydrogen-bond acceptors (Lipinski definition) is 4. The number of fused-ring (bicyclic) bond motifs is 3. The van der Waals surface area contributed by atoms with Gasteiger partial charge in [-0.15, -0.1) is 0 Å². The van der Waals surface area contributed by atoms with Crippen LogP contribution in [0.25, 0.3) is 11.1 Å². The smallest absolute Gasteiger partial charge is 0.315 e. The van der Waals surface area contributed by atoms with E-state index in [9.17, 15) is 14.7 Å². The molecule has 31 heavy (non-hydrogen) atoms. The fourth-order valence-electron chi connectivity index (χ4n) is 4.24. The molecule has 5 nitrogen and oxygen atoms in total. The Kier molecular flexibility index (Phi) is 6.20. The molecule has 1 aliphatic carbocycles. The highest BCUT2D eigenvalue weighted by atomic mass is 79.9. The van der Waals surface area contributed by atoms with Crippen LogP contribution in [0.2, 0.25) is 0 Å². The fourth-order valence-corrected chi connectivity index (χ4v) is 4.51. The zero-order chi connectivity index (χ0) is 22.0. The summed E-state index contributed by atoms with van der Waals surface area (Å²) in [5.41, 5.74) is 11.3. The van der Waals surface area contributed by atoms with Crippen molar-refractivity contribution in [1.29, 1.82) is 0 Å². The van der Waals surface area contributed by atoms with Gasteiger partial charge in [-0.1, -0.05) is 76.6 Å². The van der Waals surface area contributed by atoms with Gasteiger partial charge < -0.3 is 15.6 Å². The molecule has 0 heterocycles. The summed E-state index contributed by atoms with van der Waals surface area (Å²) in [6.45, 7) is 0.166. The second-order valence-corrected chi connectivity index (χ2v) is 8.56. The second-order valence-electron chi connectivity index (χ2n) is 7.65. The normalized spacial score (nSPS) is 14.4. The molecule has 4 rings (SSSR count). The van der Waals surface area contributed by atoms with Crippen molar-refractivity contribution in [2.45, 2.75) is 24.3 Å². The SMILES string of the molecule is N[C@@H](CC(=O)O)C(C(=O)OCC1c2ccccc2-c2ccccc21)c1ccc(Br)cc1. The molecule has 3 aromatic rings. The molecule has 0 aliphatic heterocycles. The van der Waals surface area contributed by atoms with Gasteiger partial charge in [-0.05, 0) is 39.9 Å². The first-order valence-electron chi connectivity index (χ1n) is 10.0. The lowest BCUT2D eigenvalue weighted by Gasteiger charge is -2.23. The molecule has 2 atom stereocenters. The van der Waals surface area contributed by atoms with Crippen LogP contribution in [-0.2, 0) is 14.3 Å². The van der Waals surface area contributed by atoms with Crippen LogP contribution in [0.5, 0.6) is 0 Å². The Balaban J connectivity index is 1.58. The number of carboxylic acids is 1. The standard InChI is InChI=1S/C25H22BrNO4/c26-16-11-9-15(10-12-16)24(22(27)13-23(28)29)25(30)31-14-21-19-7-3-1-5-17(19)18-6-2-4-8-20(18)21/h1-12,21-22,24H,13-14,27H2,(H,28,29)/t22-,24?/m0/s1. The van der Waals surface area contributed by atoms with E-state index in [1.165, 1.54) is 0 Å². The Hall–Kier alpha value is -2.96. The summed E-state index contributed by atoms with van der Waals surface area (Å²) < 4.78 is 6.62. The number of carbonyl (C=O) groups is 2. The molecule has 158 valence electrons. The van der Waals surface area contributed by atoms with E-state index in [2.05, 4.69) is 40.2 Å². The van der Waals surface area contributed by atoms with Gasteiger partial charge >= 0.3 is 11.9 Å². The van der Waals surface area contributed by atoms with Gasteiger partial charge in [0.25, 0.3) is 0 Å². The lowest BCUT2D eigenvalue weighted by molar-refractivity contribution is -0.146. The van der Waals surface area contributed by atoms with Crippen LogP contribution in [0.1, 0.15) is 34.9 Å². The highest BCUT2D eigenvalue weighted by Crippen LogP contribution is 2.44. The average Bonchev–Trinajstić information content (AvgIpc) is 3.07. The largest absolute Gasteiger partial charge is 0.481 e. The molecule has 0 saturated heterocycles. The van der Waals surface area contributed by atoms with Gasteiger partial charge in [-0.2, -0.15) is 0 Å². The number of carbonyl (C=O) groups excluding carboxylic acids is 1. The van der Waals surface area contributed by atoms with Gasteiger partial charge in [-0.3, -0.25) is 9.59 Å². The molecule has 0 radical (unpaired) electrons. The minimum atomic E-state index is -1.05. The number of ether oxygens (including phenoxy) is 1. The zero-order valence-corrected chi connectivity index (χ0v) is 18.3. The fraction of sp³-hybridized carbons (Fsp3) is 0.200. The molecule has 0 spiro atoms. The van der Waals surface area contributed by atoms with Crippen molar-refractivity contribution in [1.82, 2.24) is 0 Å². The molecule has 0 amide bonds. The van der Waals surface area contributed by atoms with E-state index in [-0.39, 0.29) is 18.9 Å². The Morgan fingerprint density at radius 3 is 2.03 bits per heavy atom. The number of esters is 1. The summed E-state index contributed by atoms with van der Waals surface area (Å²) in [4.78, 5) is 24.3. The van der Waals surface area contributed by atoms with Gasteiger partial charge in [0.2, 0.25) is 0 Å². The number of carboxylic acid groups (broad SMARTS) is 1. The minimum Gasteiger partial charge on any atom is -0.481 e. The van der Waals surface area contributed by atoms with Crippen LogP contribution in [0.4, 0.5) is 0 Å². The van der Waals surface area contributed by atoms with Crippen LogP contribution < -0.4 is 5.73 Å². The van der Waals surface area contributed by atoms with E-state index in [4.69, 9.17) is 10.5 Å². The first-order valence-corrected chi connectivity index (χ1v) is 10.8. The first kappa shape index (κ1) is 21.3. The Bertz CT molecular complexity index is 1070. The topological polar surface area (TPSA) is 89.6 Å². The van der Waals surface area contributed by atoms with Crippen molar-refractivity contribution in [3.63, 3.8) is 0 Å². The van der Waals surface area contributed by atoms with Crippen molar-refractivity contribution >= 4 is 27.9 Å². The van der Waals surface area contributed by atoms with Crippen LogP contribution in [0.15, 0.2) is 77.3 Å². The van der Waals surface area contributed by atoms with Crippen molar-refractivity contribution in [3.8, 4) is 11.1 Å². The molecular weight excluding hydrogens is 458 g/mol. The Morgan fingerprint density at radius 1 is 0.935 bits per heavy atom. The average molecular weight is 480 g/mol. The van der Waals surface area contributed by atoms with Gasteiger partial charge in [-0.25, -0.2) is 0 Å². The van der Waals surface area contributed by atoms with Gasteiger partial charge in [0.05, 0.1) is 12.3 Å². The van der Waals surface area contributed by atoms with Crippen LogP contribution >= 0.6 is 15.9 Å².